The molecule has 0 spiro atoms. The second-order valence-electron chi connectivity index (χ2n) is 3.76. The van der Waals surface area contributed by atoms with Crippen molar-refractivity contribution >= 4 is 11.6 Å². The molecule has 0 aliphatic carbocycles. The molecule has 17 heavy (non-hydrogen) atoms. The van der Waals surface area contributed by atoms with Gasteiger partial charge in [0.05, 0.1) is 12.5 Å². The van der Waals surface area contributed by atoms with Gasteiger partial charge in [0.25, 0.3) is 0 Å². The van der Waals surface area contributed by atoms with Gasteiger partial charge >= 0.3 is 6.18 Å². The van der Waals surface area contributed by atoms with E-state index in [1.54, 1.807) is 6.92 Å². The fourth-order valence-electron chi connectivity index (χ4n) is 1.51. The Labute approximate surface area is 102 Å². The number of halogens is 4. The normalized spacial score (nSPS) is 14.0. The Bertz CT molecular complexity index is 367. The molecule has 0 saturated carbocycles. The maximum atomic E-state index is 12.8. The molecule has 0 fully saturated rings. The number of hydrogen-bond acceptors (Lipinski definition) is 3. The number of aromatic nitrogens is 3. The minimum Gasteiger partial charge on any atom is -0.384 e. The highest BCUT2D eigenvalue weighted by Crippen LogP contribution is 2.32. The van der Waals surface area contributed by atoms with Crippen LogP contribution in [0.1, 0.15) is 18.3 Å². The van der Waals surface area contributed by atoms with E-state index in [0.717, 1.165) is 4.68 Å². The first-order chi connectivity index (χ1) is 7.90. The smallest absolute Gasteiger partial charge is 0.384 e. The van der Waals surface area contributed by atoms with E-state index in [9.17, 15) is 13.2 Å². The molecule has 0 amide bonds. The number of alkyl halides is 4. The van der Waals surface area contributed by atoms with E-state index in [1.807, 2.05) is 0 Å². The Morgan fingerprint density at radius 3 is 2.59 bits per heavy atom. The van der Waals surface area contributed by atoms with Gasteiger partial charge in [0.15, 0.2) is 5.69 Å². The molecule has 0 N–H and O–H groups in total. The molecule has 1 aromatic heterocycles. The lowest BCUT2D eigenvalue weighted by atomic mass is 10.2. The molecule has 1 aromatic rings. The summed E-state index contributed by atoms with van der Waals surface area (Å²) >= 11 is 5.41. The molecule has 0 radical (unpaired) electrons. The fraction of sp³-hybridized carbons (Fsp3) is 0.778. The molecule has 1 rings (SSSR count). The summed E-state index contributed by atoms with van der Waals surface area (Å²) in [6.45, 7) is 2.21. The monoisotopic (exact) mass is 271 g/mol. The van der Waals surface area contributed by atoms with Crippen molar-refractivity contribution in [3.63, 3.8) is 0 Å². The third-order valence-corrected chi connectivity index (χ3v) is 2.39. The van der Waals surface area contributed by atoms with Gasteiger partial charge in [-0.1, -0.05) is 12.1 Å². The average Bonchev–Trinajstić information content (AvgIpc) is 2.60. The van der Waals surface area contributed by atoms with E-state index in [1.165, 1.54) is 7.11 Å². The first-order valence-electron chi connectivity index (χ1n) is 4.94. The van der Waals surface area contributed by atoms with Gasteiger partial charge in [-0.25, -0.2) is 4.68 Å². The highest BCUT2D eigenvalue weighted by molar-refractivity contribution is 6.16. The van der Waals surface area contributed by atoms with E-state index < -0.39 is 11.9 Å². The van der Waals surface area contributed by atoms with Crippen LogP contribution in [-0.2, 0) is 23.3 Å². The van der Waals surface area contributed by atoms with Crippen molar-refractivity contribution in [1.82, 2.24) is 15.0 Å². The number of hydrogen-bond donors (Lipinski definition) is 0. The van der Waals surface area contributed by atoms with Crippen LogP contribution in [0, 0.1) is 5.92 Å². The van der Waals surface area contributed by atoms with Gasteiger partial charge in [-0.2, -0.15) is 13.2 Å². The summed E-state index contributed by atoms with van der Waals surface area (Å²) < 4.78 is 44.0. The van der Waals surface area contributed by atoms with Crippen LogP contribution in [-0.4, -0.2) is 28.7 Å². The first kappa shape index (κ1) is 14.2. The number of methoxy groups -OCH3 is 1. The summed E-state index contributed by atoms with van der Waals surface area (Å²) in [5.74, 6) is -0.404. The fourth-order valence-corrected chi connectivity index (χ4v) is 1.69. The number of rotatable bonds is 5. The lowest BCUT2D eigenvalue weighted by molar-refractivity contribution is -0.145. The predicted molar refractivity (Wildman–Crippen MR) is 55.6 cm³/mol. The molecular formula is C9H13ClF3N3O. The topological polar surface area (TPSA) is 39.9 Å². The third kappa shape index (κ3) is 3.57. The Hall–Kier alpha value is -0.820. The third-order valence-electron chi connectivity index (χ3n) is 2.14. The molecular weight excluding hydrogens is 259 g/mol. The Morgan fingerprint density at radius 2 is 2.12 bits per heavy atom. The van der Waals surface area contributed by atoms with Crippen molar-refractivity contribution in [2.45, 2.75) is 25.5 Å². The van der Waals surface area contributed by atoms with Crippen LogP contribution in [0.3, 0.4) is 0 Å². The Balaban J connectivity index is 2.96. The highest BCUT2D eigenvalue weighted by atomic mass is 35.5. The van der Waals surface area contributed by atoms with Crippen LogP contribution in [0.4, 0.5) is 13.2 Å². The standard InChI is InChI=1S/C9H13ClF3N3O/c1-6(5-17-2)4-16-8(9(11,12)13)7(3-10)14-15-16/h6H,3-5H2,1-2H3. The zero-order valence-electron chi connectivity index (χ0n) is 9.46. The summed E-state index contributed by atoms with van der Waals surface area (Å²) in [6, 6.07) is 0. The van der Waals surface area contributed by atoms with Gasteiger partial charge in [-0.05, 0) is 5.92 Å². The second kappa shape index (κ2) is 5.68. The van der Waals surface area contributed by atoms with E-state index in [0.29, 0.717) is 6.61 Å². The van der Waals surface area contributed by atoms with Crippen molar-refractivity contribution in [3.8, 4) is 0 Å². The van der Waals surface area contributed by atoms with Gasteiger partial charge < -0.3 is 4.74 Å². The zero-order chi connectivity index (χ0) is 13.1. The summed E-state index contributed by atoms with van der Waals surface area (Å²) in [5.41, 5.74) is -1.13. The van der Waals surface area contributed by atoms with Gasteiger partial charge in [0.2, 0.25) is 0 Å². The van der Waals surface area contributed by atoms with Gasteiger partial charge in [-0.3, -0.25) is 0 Å². The molecule has 0 aromatic carbocycles. The van der Waals surface area contributed by atoms with Crippen molar-refractivity contribution in [3.05, 3.63) is 11.4 Å². The maximum Gasteiger partial charge on any atom is 0.434 e. The van der Waals surface area contributed by atoms with E-state index >= 15 is 0 Å². The number of ether oxygens (including phenoxy) is 1. The minimum atomic E-state index is -4.50. The van der Waals surface area contributed by atoms with E-state index in [-0.39, 0.29) is 24.0 Å². The summed E-state index contributed by atoms with van der Waals surface area (Å²) in [7, 11) is 1.49. The largest absolute Gasteiger partial charge is 0.434 e. The molecule has 1 unspecified atom stereocenters. The van der Waals surface area contributed by atoms with Crippen LogP contribution in [0.15, 0.2) is 0 Å². The van der Waals surface area contributed by atoms with Crippen molar-refractivity contribution in [2.24, 2.45) is 5.92 Å². The molecule has 1 atom stereocenters. The molecule has 0 aliphatic rings. The zero-order valence-corrected chi connectivity index (χ0v) is 10.2. The van der Waals surface area contributed by atoms with Crippen LogP contribution >= 0.6 is 11.6 Å². The summed E-state index contributed by atoms with van der Waals surface area (Å²) in [5, 5.41) is 6.92. The lowest BCUT2D eigenvalue weighted by Gasteiger charge is -2.14. The van der Waals surface area contributed by atoms with E-state index in [2.05, 4.69) is 10.3 Å². The molecule has 8 heteroatoms. The molecule has 0 aliphatic heterocycles. The second-order valence-corrected chi connectivity index (χ2v) is 4.03. The average molecular weight is 272 g/mol. The van der Waals surface area contributed by atoms with Crippen LogP contribution < -0.4 is 0 Å². The van der Waals surface area contributed by atoms with Crippen LogP contribution in [0.25, 0.3) is 0 Å². The SMILES string of the molecule is COCC(C)Cn1nnc(CCl)c1C(F)(F)F. The minimum absolute atomic E-state index is 0.0899. The van der Waals surface area contributed by atoms with Crippen molar-refractivity contribution < 1.29 is 17.9 Å². The molecule has 0 bridgehead atoms. The van der Waals surface area contributed by atoms with Crippen LogP contribution in [0.2, 0.25) is 0 Å². The quantitative estimate of drug-likeness (QED) is 0.772. The van der Waals surface area contributed by atoms with Gasteiger partial charge in [-0.15, -0.1) is 16.7 Å². The van der Waals surface area contributed by atoms with E-state index in [4.69, 9.17) is 16.3 Å². The van der Waals surface area contributed by atoms with Crippen LogP contribution in [0.5, 0.6) is 0 Å². The number of nitrogens with zero attached hydrogens (tertiary/aromatic N) is 3. The van der Waals surface area contributed by atoms with Gasteiger partial charge in [0, 0.05) is 13.7 Å². The van der Waals surface area contributed by atoms with Crippen molar-refractivity contribution in [2.75, 3.05) is 13.7 Å². The lowest BCUT2D eigenvalue weighted by Crippen LogP contribution is -2.21. The molecule has 4 nitrogen and oxygen atoms in total. The molecule has 1 heterocycles. The molecule has 98 valence electrons. The summed E-state index contributed by atoms with van der Waals surface area (Å²) in [4.78, 5) is 0. The maximum absolute atomic E-state index is 12.8. The first-order valence-corrected chi connectivity index (χ1v) is 5.48. The highest BCUT2D eigenvalue weighted by Gasteiger charge is 2.39. The summed E-state index contributed by atoms with van der Waals surface area (Å²) in [6.07, 6.45) is -4.50. The Kier molecular flexibility index (Phi) is 4.76. The van der Waals surface area contributed by atoms with Crippen molar-refractivity contribution in [1.29, 1.82) is 0 Å². The predicted octanol–water partition coefficient (Wildman–Crippen LogP) is 2.32. The molecule has 0 saturated heterocycles. The Morgan fingerprint density at radius 1 is 1.47 bits per heavy atom. The van der Waals surface area contributed by atoms with Gasteiger partial charge in [0.1, 0.15) is 5.69 Å².